The molecule has 0 unspecified atom stereocenters. The predicted molar refractivity (Wildman–Crippen MR) is 68.8 cm³/mol. The Bertz CT molecular complexity index is 459. The van der Waals surface area contributed by atoms with Crippen LogP contribution in [0.4, 0.5) is 4.79 Å². The maximum absolute atomic E-state index is 11.1. The minimum atomic E-state index is -0.538. The van der Waals surface area contributed by atoms with Crippen molar-refractivity contribution >= 4 is 35.0 Å². The van der Waals surface area contributed by atoms with Crippen molar-refractivity contribution in [1.82, 2.24) is 4.90 Å². The number of carbonyl (C=O) groups is 1. The molecule has 0 heterocycles. The van der Waals surface area contributed by atoms with Gasteiger partial charge < -0.3 is 4.90 Å². The normalized spacial score (nSPS) is 11.2. The fraction of sp³-hybridized carbons (Fsp3) is 0.273. The van der Waals surface area contributed by atoms with Gasteiger partial charge in [-0.15, -0.1) is 0 Å². The molecule has 0 aliphatic heterocycles. The zero-order chi connectivity index (χ0) is 13.0. The summed E-state index contributed by atoms with van der Waals surface area (Å²) >= 11 is 11.7. The summed E-state index contributed by atoms with van der Waals surface area (Å²) in [5.74, 6) is 0. The van der Waals surface area contributed by atoms with Crippen LogP contribution in [0.5, 0.6) is 0 Å². The molecule has 0 N–H and O–H groups in total. The first-order chi connectivity index (χ1) is 7.91. The van der Waals surface area contributed by atoms with E-state index in [4.69, 9.17) is 23.2 Å². The summed E-state index contributed by atoms with van der Waals surface area (Å²) < 4.78 is 0. The van der Waals surface area contributed by atoms with Gasteiger partial charge in [-0.25, -0.2) is 4.79 Å². The molecule has 92 valence electrons. The first-order valence-electron chi connectivity index (χ1n) is 4.80. The predicted octanol–water partition coefficient (Wildman–Crippen LogP) is 3.42. The largest absolute Gasteiger partial charge is 0.435 e. The Labute approximate surface area is 110 Å². The molecule has 1 amide bonds. The molecule has 6 heteroatoms. The van der Waals surface area contributed by atoms with E-state index in [2.05, 4.69) is 9.99 Å². The molecule has 0 radical (unpaired) electrons. The summed E-state index contributed by atoms with van der Waals surface area (Å²) in [6.45, 7) is 1.71. The smallest absolute Gasteiger partial charge is 0.312 e. The molecule has 0 aromatic heterocycles. The highest BCUT2D eigenvalue weighted by molar-refractivity contribution is 6.42. The number of halogens is 2. The third-order valence-electron chi connectivity index (χ3n) is 1.96. The lowest BCUT2D eigenvalue weighted by molar-refractivity contribution is 0.122. The SMILES string of the molecule is CC(=NOC(=O)N(C)C)c1ccc(Cl)c(Cl)c1. The third-order valence-corrected chi connectivity index (χ3v) is 2.70. The van der Waals surface area contributed by atoms with Crippen molar-refractivity contribution in [3.63, 3.8) is 0 Å². The molecule has 0 saturated heterocycles. The molecule has 1 aromatic rings. The standard InChI is InChI=1S/C11H12Cl2N2O2/c1-7(14-17-11(16)15(2)3)8-4-5-9(12)10(13)6-8/h4-6H,1-3H3. The van der Waals surface area contributed by atoms with Gasteiger partial charge in [0.2, 0.25) is 0 Å². The second kappa shape index (κ2) is 5.89. The maximum atomic E-state index is 11.1. The summed E-state index contributed by atoms with van der Waals surface area (Å²) in [5, 5.41) is 4.60. The number of amides is 1. The van der Waals surface area contributed by atoms with Crippen molar-refractivity contribution < 1.29 is 9.63 Å². The number of rotatable bonds is 2. The maximum Gasteiger partial charge on any atom is 0.435 e. The molecule has 17 heavy (non-hydrogen) atoms. The second-order valence-electron chi connectivity index (χ2n) is 3.56. The molecule has 1 rings (SSSR count). The van der Waals surface area contributed by atoms with Crippen molar-refractivity contribution in [1.29, 1.82) is 0 Å². The van der Waals surface area contributed by atoms with E-state index in [9.17, 15) is 4.79 Å². The first-order valence-corrected chi connectivity index (χ1v) is 5.55. The number of hydrogen-bond acceptors (Lipinski definition) is 3. The molecule has 0 atom stereocenters. The minimum Gasteiger partial charge on any atom is -0.312 e. The molecule has 0 saturated carbocycles. The van der Waals surface area contributed by atoms with Crippen molar-refractivity contribution in [2.24, 2.45) is 5.16 Å². The van der Waals surface area contributed by atoms with Crippen LogP contribution in [0.2, 0.25) is 10.0 Å². The van der Waals surface area contributed by atoms with Crippen LogP contribution in [-0.4, -0.2) is 30.8 Å². The molecular formula is C11H12Cl2N2O2. The van der Waals surface area contributed by atoms with Crippen molar-refractivity contribution in [2.45, 2.75) is 6.92 Å². The van der Waals surface area contributed by atoms with Crippen LogP contribution in [0.3, 0.4) is 0 Å². The fourth-order valence-corrected chi connectivity index (χ4v) is 1.26. The summed E-state index contributed by atoms with van der Waals surface area (Å²) in [4.78, 5) is 17.1. The van der Waals surface area contributed by atoms with Crippen LogP contribution < -0.4 is 0 Å². The van der Waals surface area contributed by atoms with Crippen LogP contribution in [0.15, 0.2) is 23.4 Å². The van der Waals surface area contributed by atoms with Crippen molar-refractivity contribution in [3.05, 3.63) is 33.8 Å². The van der Waals surface area contributed by atoms with Gasteiger partial charge in [-0.1, -0.05) is 34.4 Å². The van der Waals surface area contributed by atoms with E-state index >= 15 is 0 Å². The van der Waals surface area contributed by atoms with Gasteiger partial charge in [0.15, 0.2) is 0 Å². The number of nitrogens with zero attached hydrogens (tertiary/aromatic N) is 2. The van der Waals surface area contributed by atoms with Crippen LogP contribution in [0.1, 0.15) is 12.5 Å². The fourth-order valence-electron chi connectivity index (χ4n) is 0.963. The Morgan fingerprint density at radius 1 is 1.29 bits per heavy atom. The van der Waals surface area contributed by atoms with Gasteiger partial charge in [-0.3, -0.25) is 4.84 Å². The number of carbonyl (C=O) groups excluding carboxylic acids is 1. The highest BCUT2D eigenvalue weighted by Gasteiger charge is 2.06. The lowest BCUT2D eigenvalue weighted by atomic mass is 10.1. The highest BCUT2D eigenvalue weighted by atomic mass is 35.5. The quantitative estimate of drug-likeness (QED) is 0.471. The van der Waals surface area contributed by atoms with E-state index in [1.807, 2.05) is 0 Å². The molecule has 0 spiro atoms. The average Bonchev–Trinajstić information content (AvgIpc) is 2.28. The van der Waals surface area contributed by atoms with Gasteiger partial charge in [0, 0.05) is 19.7 Å². The monoisotopic (exact) mass is 274 g/mol. The molecular weight excluding hydrogens is 263 g/mol. The molecule has 0 aliphatic carbocycles. The van der Waals surface area contributed by atoms with Gasteiger partial charge in [-0.05, 0) is 19.1 Å². The zero-order valence-corrected chi connectivity index (χ0v) is 11.2. The zero-order valence-electron chi connectivity index (χ0n) is 9.70. The Kier molecular flexibility index (Phi) is 4.78. The second-order valence-corrected chi connectivity index (χ2v) is 4.37. The molecule has 4 nitrogen and oxygen atoms in total. The van der Waals surface area contributed by atoms with E-state index in [1.54, 1.807) is 39.2 Å². The molecule has 1 aromatic carbocycles. The van der Waals surface area contributed by atoms with E-state index in [0.717, 1.165) is 5.56 Å². The minimum absolute atomic E-state index is 0.428. The van der Waals surface area contributed by atoms with Gasteiger partial charge in [0.05, 0.1) is 15.8 Å². The third kappa shape index (κ3) is 3.91. The van der Waals surface area contributed by atoms with E-state index in [0.29, 0.717) is 15.8 Å². The molecule has 0 fully saturated rings. The molecule has 0 bridgehead atoms. The van der Waals surface area contributed by atoms with Crippen molar-refractivity contribution in [3.8, 4) is 0 Å². The number of hydrogen-bond donors (Lipinski definition) is 0. The Morgan fingerprint density at radius 2 is 1.94 bits per heavy atom. The Morgan fingerprint density at radius 3 is 2.47 bits per heavy atom. The van der Waals surface area contributed by atoms with Gasteiger partial charge in [-0.2, -0.15) is 0 Å². The highest BCUT2D eigenvalue weighted by Crippen LogP contribution is 2.22. The lowest BCUT2D eigenvalue weighted by Crippen LogP contribution is -2.21. The van der Waals surface area contributed by atoms with Crippen LogP contribution in [0, 0.1) is 0 Å². The lowest BCUT2D eigenvalue weighted by Gasteiger charge is -2.07. The van der Waals surface area contributed by atoms with Crippen LogP contribution in [-0.2, 0) is 4.84 Å². The van der Waals surface area contributed by atoms with Crippen LogP contribution in [0.25, 0.3) is 0 Å². The topological polar surface area (TPSA) is 41.9 Å². The summed E-state index contributed by atoms with van der Waals surface area (Å²) in [7, 11) is 3.15. The summed E-state index contributed by atoms with van der Waals surface area (Å²) in [5.41, 5.74) is 1.28. The van der Waals surface area contributed by atoms with Gasteiger partial charge in [0.25, 0.3) is 0 Å². The first kappa shape index (κ1) is 13.8. The van der Waals surface area contributed by atoms with E-state index in [1.165, 1.54) is 4.90 Å². The van der Waals surface area contributed by atoms with E-state index in [-0.39, 0.29) is 0 Å². The van der Waals surface area contributed by atoms with Crippen LogP contribution >= 0.6 is 23.2 Å². The van der Waals surface area contributed by atoms with Crippen molar-refractivity contribution in [2.75, 3.05) is 14.1 Å². The molecule has 0 aliphatic rings. The number of oxime groups is 1. The van der Waals surface area contributed by atoms with Gasteiger partial charge in [0.1, 0.15) is 0 Å². The summed E-state index contributed by atoms with van der Waals surface area (Å²) in [6.07, 6.45) is -0.538. The summed E-state index contributed by atoms with van der Waals surface area (Å²) in [6, 6.07) is 5.06. The Hall–Kier alpha value is -1.26. The average molecular weight is 275 g/mol. The van der Waals surface area contributed by atoms with E-state index < -0.39 is 6.09 Å². The Balaban J connectivity index is 2.81. The number of benzene rings is 1. The van der Waals surface area contributed by atoms with Gasteiger partial charge >= 0.3 is 6.09 Å².